The van der Waals surface area contributed by atoms with Crippen molar-refractivity contribution in [2.45, 2.75) is 45.4 Å². The Balaban J connectivity index is 1.39. The van der Waals surface area contributed by atoms with E-state index in [0.29, 0.717) is 12.5 Å². The molecule has 3 rings (SSSR count). The number of benzene rings is 2. The van der Waals surface area contributed by atoms with E-state index >= 15 is 0 Å². The lowest BCUT2D eigenvalue weighted by Gasteiger charge is -2.10. The summed E-state index contributed by atoms with van der Waals surface area (Å²) in [5, 5.41) is 2.93. The van der Waals surface area contributed by atoms with Crippen LogP contribution in [0.4, 0.5) is 0 Å². The summed E-state index contributed by atoms with van der Waals surface area (Å²) in [6.45, 7) is 5.09. The molecule has 25 heavy (non-hydrogen) atoms. The van der Waals surface area contributed by atoms with Crippen LogP contribution in [0.15, 0.2) is 42.5 Å². The zero-order chi connectivity index (χ0) is 17.6. The van der Waals surface area contributed by atoms with E-state index in [1.54, 1.807) is 0 Å². The molecule has 0 radical (unpaired) electrons. The standard InChI is InChI=1S/C22H27NO2/c1-16(2)18-8-6-17(7-9-18)12-13-23-22(24)15-25-21-11-10-19-4-3-5-20(19)14-21/h6-11,14,16H,3-5,12-13,15H2,1-2H3,(H,23,24). The number of aryl methyl sites for hydroxylation is 2. The Labute approximate surface area is 150 Å². The second-order valence-corrected chi connectivity index (χ2v) is 7.07. The Hall–Kier alpha value is -2.29. The fraction of sp³-hybridized carbons (Fsp3) is 0.409. The number of carbonyl (C=O) groups excluding carboxylic acids is 1. The Morgan fingerprint density at radius 1 is 1.08 bits per heavy atom. The summed E-state index contributed by atoms with van der Waals surface area (Å²) in [5.41, 5.74) is 5.36. The Kier molecular flexibility index (Phi) is 5.75. The lowest BCUT2D eigenvalue weighted by Crippen LogP contribution is -2.30. The molecule has 3 nitrogen and oxygen atoms in total. The van der Waals surface area contributed by atoms with E-state index in [0.717, 1.165) is 25.0 Å². The molecule has 1 aliphatic carbocycles. The van der Waals surface area contributed by atoms with Crippen LogP contribution in [0.25, 0.3) is 0 Å². The van der Waals surface area contributed by atoms with Gasteiger partial charge in [-0.25, -0.2) is 0 Å². The van der Waals surface area contributed by atoms with E-state index in [-0.39, 0.29) is 12.5 Å². The zero-order valence-electron chi connectivity index (χ0n) is 15.2. The van der Waals surface area contributed by atoms with Crippen LogP contribution in [0.2, 0.25) is 0 Å². The van der Waals surface area contributed by atoms with Gasteiger partial charge in [0.15, 0.2) is 6.61 Å². The summed E-state index contributed by atoms with van der Waals surface area (Å²) in [5.74, 6) is 1.27. The molecule has 0 saturated heterocycles. The fourth-order valence-electron chi connectivity index (χ4n) is 3.25. The summed E-state index contributed by atoms with van der Waals surface area (Å²) >= 11 is 0. The number of ether oxygens (including phenoxy) is 1. The van der Waals surface area contributed by atoms with E-state index in [1.807, 2.05) is 6.07 Å². The van der Waals surface area contributed by atoms with E-state index in [4.69, 9.17) is 4.74 Å². The van der Waals surface area contributed by atoms with Crippen LogP contribution in [0.1, 0.15) is 48.4 Å². The number of hydrogen-bond donors (Lipinski definition) is 1. The molecule has 1 N–H and O–H groups in total. The molecule has 0 unspecified atom stereocenters. The molecule has 1 amide bonds. The largest absolute Gasteiger partial charge is 0.484 e. The summed E-state index contributed by atoms with van der Waals surface area (Å²) in [6.07, 6.45) is 4.34. The van der Waals surface area contributed by atoms with Crippen LogP contribution in [0, 0.1) is 0 Å². The minimum absolute atomic E-state index is 0.0701. The zero-order valence-corrected chi connectivity index (χ0v) is 15.2. The summed E-state index contributed by atoms with van der Waals surface area (Å²) in [6, 6.07) is 14.8. The number of hydrogen-bond acceptors (Lipinski definition) is 2. The summed E-state index contributed by atoms with van der Waals surface area (Å²) in [7, 11) is 0. The maximum Gasteiger partial charge on any atom is 0.257 e. The SMILES string of the molecule is CC(C)c1ccc(CCNC(=O)COc2ccc3c(c2)CCC3)cc1. The number of rotatable bonds is 7. The van der Waals surface area contributed by atoms with Crippen molar-refractivity contribution in [1.29, 1.82) is 0 Å². The van der Waals surface area contributed by atoms with Gasteiger partial charge in [-0.1, -0.05) is 44.2 Å². The normalized spacial score (nSPS) is 12.9. The summed E-state index contributed by atoms with van der Waals surface area (Å²) < 4.78 is 5.63. The molecule has 0 bridgehead atoms. The van der Waals surface area contributed by atoms with Crippen LogP contribution in [0.3, 0.4) is 0 Å². The molecule has 0 atom stereocenters. The third-order valence-electron chi connectivity index (χ3n) is 4.82. The van der Waals surface area contributed by atoms with Gasteiger partial charge in [-0.05, 0) is 66.0 Å². The van der Waals surface area contributed by atoms with Crippen LogP contribution < -0.4 is 10.1 Å². The topological polar surface area (TPSA) is 38.3 Å². The van der Waals surface area contributed by atoms with Crippen molar-refractivity contribution in [2.75, 3.05) is 13.2 Å². The predicted octanol–water partition coefficient (Wildman–Crippen LogP) is 4.04. The van der Waals surface area contributed by atoms with Gasteiger partial charge >= 0.3 is 0 Å². The van der Waals surface area contributed by atoms with E-state index in [9.17, 15) is 4.79 Å². The minimum Gasteiger partial charge on any atom is -0.484 e. The van der Waals surface area contributed by atoms with Crippen LogP contribution >= 0.6 is 0 Å². The highest BCUT2D eigenvalue weighted by Gasteiger charge is 2.11. The van der Waals surface area contributed by atoms with E-state index in [1.165, 1.54) is 28.7 Å². The average molecular weight is 337 g/mol. The molecule has 0 saturated carbocycles. The molecule has 2 aromatic rings. The molecule has 132 valence electrons. The second kappa shape index (κ2) is 8.19. The van der Waals surface area contributed by atoms with Gasteiger partial charge in [0.1, 0.15) is 5.75 Å². The van der Waals surface area contributed by atoms with Gasteiger partial charge in [0.25, 0.3) is 5.91 Å². The quantitative estimate of drug-likeness (QED) is 0.828. The highest BCUT2D eigenvalue weighted by atomic mass is 16.5. The Bertz CT molecular complexity index is 719. The maximum atomic E-state index is 11.9. The van der Waals surface area contributed by atoms with Crippen molar-refractivity contribution in [1.82, 2.24) is 5.32 Å². The second-order valence-electron chi connectivity index (χ2n) is 7.07. The van der Waals surface area contributed by atoms with Crippen molar-refractivity contribution in [2.24, 2.45) is 0 Å². The van der Waals surface area contributed by atoms with Gasteiger partial charge in [0, 0.05) is 6.54 Å². The van der Waals surface area contributed by atoms with Gasteiger partial charge in [-0.2, -0.15) is 0 Å². The third-order valence-corrected chi connectivity index (χ3v) is 4.82. The number of fused-ring (bicyclic) bond motifs is 1. The van der Waals surface area contributed by atoms with Gasteiger partial charge in [0.05, 0.1) is 0 Å². The smallest absolute Gasteiger partial charge is 0.257 e. The monoisotopic (exact) mass is 337 g/mol. The number of carbonyl (C=O) groups is 1. The first kappa shape index (κ1) is 17.5. The third kappa shape index (κ3) is 4.85. The molecular weight excluding hydrogens is 310 g/mol. The maximum absolute atomic E-state index is 11.9. The van der Waals surface area contributed by atoms with E-state index < -0.39 is 0 Å². The first-order valence-corrected chi connectivity index (χ1v) is 9.22. The predicted molar refractivity (Wildman–Crippen MR) is 101 cm³/mol. The van der Waals surface area contributed by atoms with Gasteiger partial charge in [-0.3, -0.25) is 4.79 Å². The highest BCUT2D eigenvalue weighted by Crippen LogP contribution is 2.25. The lowest BCUT2D eigenvalue weighted by atomic mass is 10.0. The molecule has 1 aliphatic rings. The van der Waals surface area contributed by atoms with Crippen molar-refractivity contribution in [3.8, 4) is 5.75 Å². The molecule has 0 fully saturated rings. The summed E-state index contributed by atoms with van der Waals surface area (Å²) in [4.78, 5) is 11.9. The first-order chi connectivity index (χ1) is 12.1. The molecule has 0 aromatic heterocycles. The van der Waals surface area contributed by atoms with Crippen LogP contribution in [-0.2, 0) is 24.1 Å². The van der Waals surface area contributed by atoms with Crippen molar-refractivity contribution in [3.63, 3.8) is 0 Å². The van der Waals surface area contributed by atoms with Gasteiger partial charge < -0.3 is 10.1 Å². The fourth-order valence-corrected chi connectivity index (χ4v) is 3.25. The van der Waals surface area contributed by atoms with Gasteiger partial charge in [-0.15, -0.1) is 0 Å². The van der Waals surface area contributed by atoms with E-state index in [2.05, 4.69) is 55.6 Å². The van der Waals surface area contributed by atoms with Crippen molar-refractivity contribution < 1.29 is 9.53 Å². The number of amides is 1. The first-order valence-electron chi connectivity index (χ1n) is 9.22. The van der Waals surface area contributed by atoms with Crippen LogP contribution in [0.5, 0.6) is 5.75 Å². The van der Waals surface area contributed by atoms with Gasteiger partial charge in [0.2, 0.25) is 0 Å². The molecule has 2 aromatic carbocycles. The highest BCUT2D eigenvalue weighted by molar-refractivity contribution is 5.77. The molecular formula is C22H27NO2. The van der Waals surface area contributed by atoms with Crippen molar-refractivity contribution >= 4 is 5.91 Å². The molecule has 0 spiro atoms. The lowest BCUT2D eigenvalue weighted by molar-refractivity contribution is -0.123. The molecule has 3 heteroatoms. The average Bonchev–Trinajstić information content (AvgIpc) is 3.08. The Morgan fingerprint density at radius 2 is 1.84 bits per heavy atom. The van der Waals surface area contributed by atoms with Crippen molar-refractivity contribution in [3.05, 3.63) is 64.7 Å². The number of nitrogens with one attached hydrogen (secondary N) is 1. The minimum atomic E-state index is -0.0701. The molecule has 0 aliphatic heterocycles. The Morgan fingerprint density at radius 3 is 2.60 bits per heavy atom. The molecule has 0 heterocycles. The van der Waals surface area contributed by atoms with Crippen LogP contribution in [-0.4, -0.2) is 19.1 Å².